The summed E-state index contributed by atoms with van der Waals surface area (Å²) in [6, 6.07) is 0. The first kappa shape index (κ1) is 20.6. The fraction of sp³-hybridized carbons (Fsp3) is 0.833. The third kappa shape index (κ3) is 110. The molecule has 0 aliphatic heterocycles. The molecule has 0 saturated carbocycles. The Hall–Kier alpha value is -0.740. The molecule has 0 saturated heterocycles. The average Bonchev–Trinajstić information content (AvgIpc) is 2.11. The fourth-order valence-electron chi connectivity index (χ4n) is 0.413. The molecular formula is C12H26O4. The number of hydrogen-bond acceptors (Lipinski definition) is 4. The van der Waals surface area contributed by atoms with Gasteiger partial charge in [-0.05, 0) is 34.1 Å². The van der Waals surface area contributed by atoms with Crippen LogP contribution in [-0.4, -0.2) is 36.5 Å². The normalized spacial score (nSPS) is 8.12. The molecule has 0 bridgehead atoms. The highest BCUT2D eigenvalue weighted by atomic mass is 16.5. The number of carbonyl (C=O) groups excluding carboxylic acids is 2. The number of aliphatic hydroxyl groups is 1. The molecule has 0 aromatic carbocycles. The molecule has 0 atom stereocenters. The third-order valence-electron chi connectivity index (χ3n) is 0.878. The highest BCUT2D eigenvalue weighted by molar-refractivity contribution is 5.72. The van der Waals surface area contributed by atoms with Crippen molar-refractivity contribution >= 4 is 11.6 Å². The zero-order valence-corrected chi connectivity index (χ0v) is 11.2. The Morgan fingerprint density at radius 1 is 1.00 bits per heavy atom. The summed E-state index contributed by atoms with van der Waals surface area (Å²) in [5, 5.41) is 8.24. The van der Waals surface area contributed by atoms with Crippen molar-refractivity contribution in [2.45, 2.75) is 47.5 Å². The Bertz CT molecular complexity index is 129. The first-order valence-electron chi connectivity index (χ1n) is 5.51. The van der Waals surface area contributed by atoms with Gasteiger partial charge in [-0.15, -0.1) is 0 Å². The van der Waals surface area contributed by atoms with Crippen LogP contribution in [0.2, 0.25) is 0 Å². The summed E-state index contributed by atoms with van der Waals surface area (Å²) in [6.07, 6.45) is 2.26. The van der Waals surface area contributed by atoms with Gasteiger partial charge in [-0.25, -0.2) is 0 Å². The maximum atomic E-state index is 9.44. The molecule has 16 heavy (non-hydrogen) atoms. The lowest BCUT2D eigenvalue weighted by atomic mass is 10.4. The number of ether oxygens (including phenoxy) is 1. The summed E-state index contributed by atoms with van der Waals surface area (Å²) in [6.45, 7) is 9.64. The number of rotatable bonds is 5. The van der Waals surface area contributed by atoms with Gasteiger partial charge in [-0.1, -0.05) is 13.3 Å². The van der Waals surface area contributed by atoms with Crippen molar-refractivity contribution in [1.82, 2.24) is 0 Å². The highest BCUT2D eigenvalue weighted by Gasteiger charge is 1.82. The van der Waals surface area contributed by atoms with E-state index in [0.717, 1.165) is 19.4 Å². The SMILES string of the molecule is CC(C)=O.CC(C)=O.CCCCOCCO. The van der Waals surface area contributed by atoms with Crippen molar-refractivity contribution in [2.24, 2.45) is 0 Å². The summed E-state index contributed by atoms with van der Waals surface area (Å²) >= 11 is 0. The lowest BCUT2D eigenvalue weighted by Gasteiger charge is -1.97. The maximum absolute atomic E-state index is 9.44. The summed E-state index contributed by atoms with van der Waals surface area (Å²) < 4.78 is 4.97. The van der Waals surface area contributed by atoms with Crippen LogP contribution in [0.15, 0.2) is 0 Å². The van der Waals surface area contributed by atoms with Crippen LogP contribution in [0.4, 0.5) is 0 Å². The van der Waals surface area contributed by atoms with Crippen molar-refractivity contribution in [3.8, 4) is 0 Å². The minimum absolute atomic E-state index is 0.143. The molecule has 0 amide bonds. The van der Waals surface area contributed by atoms with Gasteiger partial charge in [-0.2, -0.15) is 0 Å². The van der Waals surface area contributed by atoms with Crippen LogP contribution in [0.25, 0.3) is 0 Å². The number of aliphatic hydroxyl groups excluding tert-OH is 1. The molecule has 0 heterocycles. The predicted molar refractivity (Wildman–Crippen MR) is 65.5 cm³/mol. The van der Waals surface area contributed by atoms with Crippen molar-refractivity contribution in [1.29, 1.82) is 0 Å². The Morgan fingerprint density at radius 3 is 1.62 bits per heavy atom. The quantitative estimate of drug-likeness (QED) is 0.739. The van der Waals surface area contributed by atoms with E-state index in [0.29, 0.717) is 6.61 Å². The number of Topliss-reactive ketones (excluding diaryl/α,β-unsaturated/α-hetero) is 2. The number of ketones is 2. The summed E-state index contributed by atoms with van der Waals surface area (Å²) in [4.78, 5) is 18.9. The van der Waals surface area contributed by atoms with Gasteiger partial charge in [0.25, 0.3) is 0 Å². The average molecular weight is 234 g/mol. The number of carbonyl (C=O) groups is 2. The van der Waals surface area contributed by atoms with E-state index < -0.39 is 0 Å². The molecule has 0 spiro atoms. The van der Waals surface area contributed by atoms with Crippen LogP contribution < -0.4 is 0 Å². The molecule has 0 rings (SSSR count). The molecule has 0 aromatic rings. The van der Waals surface area contributed by atoms with Crippen LogP contribution in [0, 0.1) is 0 Å². The fourth-order valence-corrected chi connectivity index (χ4v) is 0.413. The summed E-state index contributed by atoms with van der Waals surface area (Å²) in [5.74, 6) is 0.333. The second kappa shape index (κ2) is 19.8. The van der Waals surface area contributed by atoms with Gasteiger partial charge in [0, 0.05) is 6.61 Å². The van der Waals surface area contributed by atoms with Gasteiger partial charge in [0.1, 0.15) is 11.6 Å². The molecule has 0 aromatic heterocycles. The van der Waals surface area contributed by atoms with Crippen molar-refractivity contribution < 1.29 is 19.4 Å². The van der Waals surface area contributed by atoms with E-state index in [1.807, 2.05) is 0 Å². The molecule has 4 nitrogen and oxygen atoms in total. The van der Waals surface area contributed by atoms with Gasteiger partial charge >= 0.3 is 0 Å². The molecule has 4 heteroatoms. The third-order valence-corrected chi connectivity index (χ3v) is 0.878. The first-order valence-corrected chi connectivity index (χ1v) is 5.51. The Labute approximate surface area is 99.0 Å². The number of unbranched alkanes of at least 4 members (excludes halogenated alkanes) is 1. The van der Waals surface area contributed by atoms with Crippen LogP contribution in [0.5, 0.6) is 0 Å². The minimum atomic E-state index is 0.143. The topological polar surface area (TPSA) is 63.6 Å². The molecule has 0 aliphatic carbocycles. The molecule has 98 valence electrons. The highest BCUT2D eigenvalue weighted by Crippen LogP contribution is 1.85. The van der Waals surface area contributed by atoms with Crippen LogP contribution in [0.3, 0.4) is 0 Å². The zero-order chi connectivity index (χ0) is 13.4. The lowest BCUT2D eigenvalue weighted by molar-refractivity contribution is -0.115. The second-order valence-electron chi connectivity index (χ2n) is 3.51. The van der Waals surface area contributed by atoms with E-state index in [4.69, 9.17) is 9.84 Å². The van der Waals surface area contributed by atoms with Gasteiger partial charge < -0.3 is 19.4 Å². The van der Waals surface area contributed by atoms with E-state index >= 15 is 0 Å². The van der Waals surface area contributed by atoms with Crippen LogP contribution >= 0.6 is 0 Å². The van der Waals surface area contributed by atoms with E-state index in [1.54, 1.807) is 0 Å². The molecule has 0 fully saturated rings. The molecular weight excluding hydrogens is 208 g/mol. The van der Waals surface area contributed by atoms with Gasteiger partial charge in [0.15, 0.2) is 0 Å². The van der Waals surface area contributed by atoms with Gasteiger partial charge in [-0.3, -0.25) is 0 Å². The molecule has 0 aliphatic rings. The monoisotopic (exact) mass is 234 g/mol. The van der Waals surface area contributed by atoms with Gasteiger partial charge in [0.2, 0.25) is 0 Å². The molecule has 0 unspecified atom stereocenters. The first-order chi connectivity index (χ1) is 7.38. The van der Waals surface area contributed by atoms with Gasteiger partial charge in [0.05, 0.1) is 13.2 Å². The standard InChI is InChI=1S/C6H14O2.2C3H6O/c1-2-3-5-8-6-4-7;2*1-3(2)4/h7H,2-6H2,1H3;2*1-2H3. The molecule has 0 radical (unpaired) electrons. The van der Waals surface area contributed by atoms with E-state index in [1.165, 1.54) is 27.7 Å². The minimum Gasteiger partial charge on any atom is -0.394 e. The van der Waals surface area contributed by atoms with Crippen molar-refractivity contribution in [3.05, 3.63) is 0 Å². The number of hydrogen-bond donors (Lipinski definition) is 1. The second-order valence-corrected chi connectivity index (χ2v) is 3.51. The summed E-state index contributed by atoms with van der Waals surface area (Å²) in [7, 11) is 0. The van der Waals surface area contributed by atoms with Crippen LogP contribution in [-0.2, 0) is 14.3 Å². The lowest BCUT2D eigenvalue weighted by Crippen LogP contribution is -1.99. The van der Waals surface area contributed by atoms with E-state index in [2.05, 4.69) is 6.92 Å². The Kier molecular flexibility index (Phi) is 25.5. The Morgan fingerprint density at radius 2 is 1.38 bits per heavy atom. The largest absolute Gasteiger partial charge is 0.394 e. The Balaban J connectivity index is -0.000000179. The predicted octanol–water partition coefficient (Wildman–Crippen LogP) is 1.99. The van der Waals surface area contributed by atoms with Crippen molar-refractivity contribution in [2.75, 3.05) is 19.8 Å². The zero-order valence-electron chi connectivity index (χ0n) is 11.2. The maximum Gasteiger partial charge on any atom is 0.126 e. The van der Waals surface area contributed by atoms with E-state index in [-0.39, 0.29) is 18.2 Å². The molecule has 1 N–H and O–H groups in total. The summed E-state index contributed by atoms with van der Waals surface area (Å²) in [5.41, 5.74) is 0. The van der Waals surface area contributed by atoms with Crippen LogP contribution in [0.1, 0.15) is 47.5 Å². The smallest absolute Gasteiger partial charge is 0.126 e. The van der Waals surface area contributed by atoms with E-state index in [9.17, 15) is 9.59 Å². The van der Waals surface area contributed by atoms with Crippen molar-refractivity contribution in [3.63, 3.8) is 0 Å².